The molecule has 0 spiro atoms. The molecule has 0 aliphatic rings. The van der Waals surface area contributed by atoms with Crippen molar-refractivity contribution < 1.29 is 8.78 Å². The highest BCUT2D eigenvalue weighted by atomic mass is 19.2. The van der Waals surface area contributed by atoms with Gasteiger partial charge in [-0.1, -0.05) is 50.6 Å². The molecule has 1 unspecified atom stereocenters. The fourth-order valence-electron chi connectivity index (χ4n) is 2.06. The number of benzene rings is 2. The molecule has 0 saturated heterocycles. The lowest BCUT2D eigenvalue weighted by Gasteiger charge is -2.09. The van der Waals surface area contributed by atoms with Gasteiger partial charge in [0.2, 0.25) is 0 Å². The van der Waals surface area contributed by atoms with Crippen LogP contribution in [-0.4, -0.2) is 0 Å². The summed E-state index contributed by atoms with van der Waals surface area (Å²) in [5.41, 5.74) is 2.89. The van der Waals surface area contributed by atoms with Crippen LogP contribution in [0.2, 0.25) is 0 Å². The van der Waals surface area contributed by atoms with Crippen molar-refractivity contribution in [2.45, 2.75) is 26.7 Å². The van der Waals surface area contributed by atoms with E-state index >= 15 is 0 Å². The number of rotatable bonds is 4. The molecule has 0 aliphatic heterocycles. The van der Waals surface area contributed by atoms with Crippen LogP contribution in [0, 0.1) is 17.6 Å². The molecule has 2 aromatic rings. The molecule has 0 N–H and O–H groups in total. The highest BCUT2D eigenvalue weighted by Gasteiger charge is 2.05. The monoisotopic (exact) mass is 260 g/mol. The zero-order valence-electron chi connectivity index (χ0n) is 11.3. The van der Waals surface area contributed by atoms with Gasteiger partial charge in [-0.05, 0) is 41.2 Å². The molecule has 2 rings (SSSR count). The molecular formula is C17H18F2. The van der Waals surface area contributed by atoms with Crippen LogP contribution in [-0.2, 0) is 6.42 Å². The van der Waals surface area contributed by atoms with E-state index < -0.39 is 11.6 Å². The van der Waals surface area contributed by atoms with Gasteiger partial charge in [-0.2, -0.15) is 0 Å². The molecule has 0 aromatic heterocycles. The van der Waals surface area contributed by atoms with E-state index in [1.807, 2.05) is 12.1 Å². The van der Waals surface area contributed by atoms with Crippen molar-refractivity contribution >= 4 is 0 Å². The topological polar surface area (TPSA) is 0 Å². The Balaban J connectivity index is 2.20. The zero-order chi connectivity index (χ0) is 13.8. The summed E-state index contributed by atoms with van der Waals surface area (Å²) in [5.74, 6) is -0.951. The summed E-state index contributed by atoms with van der Waals surface area (Å²) in [6.45, 7) is 4.41. The quantitative estimate of drug-likeness (QED) is 0.707. The first-order chi connectivity index (χ1) is 9.10. The minimum Gasteiger partial charge on any atom is -0.204 e. The Hall–Kier alpha value is -1.70. The molecular weight excluding hydrogens is 242 g/mol. The van der Waals surface area contributed by atoms with E-state index in [1.165, 1.54) is 11.6 Å². The van der Waals surface area contributed by atoms with Crippen molar-refractivity contribution in [1.82, 2.24) is 0 Å². The lowest BCUT2D eigenvalue weighted by Crippen LogP contribution is -1.97. The van der Waals surface area contributed by atoms with Crippen molar-refractivity contribution in [3.8, 4) is 11.1 Å². The van der Waals surface area contributed by atoms with Gasteiger partial charge in [-0.25, -0.2) is 8.78 Å². The van der Waals surface area contributed by atoms with E-state index in [0.717, 1.165) is 24.5 Å². The van der Waals surface area contributed by atoms with Gasteiger partial charge in [0.25, 0.3) is 0 Å². The van der Waals surface area contributed by atoms with Gasteiger partial charge >= 0.3 is 0 Å². The summed E-state index contributed by atoms with van der Waals surface area (Å²) >= 11 is 0. The minimum atomic E-state index is -0.808. The van der Waals surface area contributed by atoms with Crippen LogP contribution < -0.4 is 0 Å². The van der Waals surface area contributed by atoms with Crippen LogP contribution in [0.25, 0.3) is 11.1 Å². The van der Waals surface area contributed by atoms with Gasteiger partial charge in [0.05, 0.1) is 0 Å². The van der Waals surface area contributed by atoms with Gasteiger partial charge in [0, 0.05) is 0 Å². The Labute approximate surface area is 113 Å². The van der Waals surface area contributed by atoms with Crippen molar-refractivity contribution in [1.29, 1.82) is 0 Å². The van der Waals surface area contributed by atoms with E-state index in [9.17, 15) is 8.78 Å². The van der Waals surface area contributed by atoms with Crippen LogP contribution in [0.3, 0.4) is 0 Å². The van der Waals surface area contributed by atoms with Crippen LogP contribution in [0.5, 0.6) is 0 Å². The molecule has 0 amide bonds. The molecule has 0 radical (unpaired) electrons. The van der Waals surface area contributed by atoms with E-state index in [-0.39, 0.29) is 0 Å². The van der Waals surface area contributed by atoms with Crippen LogP contribution in [0.15, 0.2) is 42.5 Å². The molecule has 0 aliphatic carbocycles. The molecule has 1 atom stereocenters. The fraction of sp³-hybridized carbons (Fsp3) is 0.294. The molecule has 0 heterocycles. The Bertz CT molecular complexity index is 544. The van der Waals surface area contributed by atoms with Crippen molar-refractivity contribution in [3.63, 3.8) is 0 Å². The largest absolute Gasteiger partial charge is 0.204 e. The van der Waals surface area contributed by atoms with Gasteiger partial charge in [-0.3, -0.25) is 0 Å². The van der Waals surface area contributed by atoms with Crippen molar-refractivity contribution in [3.05, 3.63) is 59.7 Å². The third-order valence-corrected chi connectivity index (χ3v) is 3.49. The average molecular weight is 260 g/mol. The molecule has 0 bridgehead atoms. The third-order valence-electron chi connectivity index (χ3n) is 3.49. The summed E-state index contributed by atoms with van der Waals surface area (Å²) in [7, 11) is 0. The lowest BCUT2D eigenvalue weighted by molar-refractivity contribution is 0.509. The standard InChI is InChI=1S/C17H18F2/c1-3-12(2)10-13-4-6-14(7-5-13)15-8-9-16(18)17(19)11-15/h4-9,11-12H,3,10H2,1-2H3. The first kappa shape index (κ1) is 13.7. The number of hydrogen-bond acceptors (Lipinski definition) is 0. The summed E-state index contributed by atoms with van der Waals surface area (Å²) in [5, 5.41) is 0. The Kier molecular flexibility index (Phi) is 4.31. The molecule has 19 heavy (non-hydrogen) atoms. The second-order valence-corrected chi connectivity index (χ2v) is 5.04. The van der Waals surface area contributed by atoms with Gasteiger partial charge in [0.1, 0.15) is 0 Å². The van der Waals surface area contributed by atoms with Crippen LogP contribution in [0.1, 0.15) is 25.8 Å². The van der Waals surface area contributed by atoms with Crippen LogP contribution in [0.4, 0.5) is 8.78 Å². The maximum Gasteiger partial charge on any atom is 0.159 e. The van der Waals surface area contributed by atoms with Crippen LogP contribution >= 0.6 is 0 Å². The first-order valence-corrected chi connectivity index (χ1v) is 6.64. The Morgan fingerprint density at radius 1 is 0.895 bits per heavy atom. The first-order valence-electron chi connectivity index (χ1n) is 6.64. The highest BCUT2D eigenvalue weighted by molar-refractivity contribution is 5.63. The lowest BCUT2D eigenvalue weighted by atomic mass is 9.97. The second-order valence-electron chi connectivity index (χ2n) is 5.04. The SMILES string of the molecule is CCC(C)Cc1ccc(-c2ccc(F)c(F)c2)cc1. The Morgan fingerprint density at radius 2 is 1.53 bits per heavy atom. The highest BCUT2D eigenvalue weighted by Crippen LogP contribution is 2.23. The molecule has 0 saturated carbocycles. The summed E-state index contributed by atoms with van der Waals surface area (Å²) in [6, 6.07) is 12.0. The van der Waals surface area contributed by atoms with Gasteiger partial charge < -0.3 is 0 Å². The maximum absolute atomic E-state index is 13.2. The predicted octanol–water partition coefficient (Wildman–Crippen LogP) is 5.22. The maximum atomic E-state index is 13.2. The molecule has 2 aromatic carbocycles. The number of halogens is 2. The van der Waals surface area contributed by atoms with Gasteiger partial charge in [-0.15, -0.1) is 0 Å². The Morgan fingerprint density at radius 3 is 2.11 bits per heavy atom. The minimum absolute atomic E-state index is 0.661. The number of hydrogen-bond donors (Lipinski definition) is 0. The van der Waals surface area contributed by atoms with E-state index in [4.69, 9.17) is 0 Å². The molecule has 2 heteroatoms. The van der Waals surface area contributed by atoms with Crippen molar-refractivity contribution in [2.75, 3.05) is 0 Å². The fourth-order valence-corrected chi connectivity index (χ4v) is 2.06. The molecule has 100 valence electrons. The predicted molar refractivity (Wildman–Crippen MR) is 75.0 cm³/mol. The molecule has 0 nitrogen and oxygen atoms in total. The van der Waals surface area contributed by atoms with Crippen molar-refractivity contribution in [2.24, 2.45) is 5.92 Å². The summed E-state index contributed by atoms with van der Waals surface area (Å²) in [4.78, 5) is 0. The normalized spacial score (nSPS) is 12.4. The van der Waals surface area contributed by atoms with E-state index in [2.05, 4.69) is 26.0 Å². The van der Waals surface area contributed by atoms with Gasteiger partial charge in [0.15, 0.2) is 11.6 Å². The molecule has 0 fully saturated rings. The van der Waals surface area contributed by atoms with E-state index in [1.54, 1.807) is 6.07 Å². The summed E-state index contributed by atoms with van der Waals surface area (Å²) < 4.78 is 26.1. The third kappa shape index (κ3) is 3.40. The zero-order valence-corrected chi connectivity index (χ0v) is 11.3. The summed E-state index contributed by atoms with van der Waals surface area (Å²) in [6.07, 6.45) is 2.21. The van der Waals surface area contributed by atoms with E-state index in [0.29, 0.717) is 11.5 Å². The average Bonchev–Trinajstić information content (AvgIpc) is 2.42. The smallest absolute Gasteiger partial charge is 0.159 e. The second kappa shape index (κ2) is 5.96.